The van der Waals surface area contributed by atoms with Crippen LogP contribution in [-0.4, -0.2) is 23.1 Å². The Kier molecular flexibility index (Phi) is 8.48. The first-order valence-corrected chi connectivity index (χ1v) is 6.25. The molecule has 1 nitrogen and oxygen atoms in total. The summed E-state index contributed by atoms with van der Waals surface area (Å²) < 4.78 is 5.70. The largest absolute Gasteiger partial charge is 2.00 e. The molecule has 0 radical (unpaired) electrons. The fourth-order valence-electron chi connectivity index (χ4n) is 1.70. The average molecular weight is 344 g/mol. The van der Waals surface area contributed by atoms with Gasteiger partial charge in [-0.2, -0.15) is 17.7 Å². The van der Waals surface area contributed by atoms with Gasteiger partial charge in [-0.3, -0.25) is 0 Å². The van der Waals surface area contributed by atoms with Crippen LogP contribution in [0.15, 0.2) is 48.5 Å². The molecule has 102 valence electrons. The van der Waals surface area contributed by atoms with Gasteiger partial charge in [0.05, 0.1) is 0 Å². The maximum Gasteiger partial charge on any atom is 2.00 e. The fourth-order valence-corrected chi connectivity index (χ4v) is 1.70. The van der Waals surface area contributed by atoms with E-state index in [9.17, 15) is 0 Å². The molecule has 0 aliphatic rings. The van der Waals surface area contributed by atoms with Gasteiger partial charge in [0.1, 0.15) is 6.61 Å². The van der Waals surface area contributed by atoms with Crippen molar-refractivity contribution in [3.05, 3.63) is 65.7 Å². The van der Waals surface area contributed by atoms with Crippen molar-refractivity contribution in [1.29, 1.82) is 0 Å². The summed E-state index contributed by atoms with van der Waals surface area (Å²) in [6.45, 7) is 7.17. The van der Waals surface area contributed by atoms with Gasteiger partial charge in [-0.15, -0.1) is 12.1 Å². The van der Waals surface area contributed by atoms with Gasteiger partial charge in [0.25, 0.3) is 0 Å². The number of ether oxygens (including phenoxy) is 1. The Morgan fingerprint density at radius 1 is 1.00 bits per heavy atom. The molecule has 0 aliphatic carbocycles. The van der Waals surface area contributed by atoms with Crippen LogP contribution in [0.1, 0.15) is 31.9 Å². The van der Waals surface area contributed by atoms with E-state index in [2.05, 4.69) is 45.0 Å². The number of rotatable bonds is 3. The summed E-state index contributed by atoms with van der Waals surface area (Å²) in [7, 11) is 0. The molecular weight excluding hydrogens is 324 g/mol. The van der Waals surface area contributed by atoms with Crippen LogP contribution >= 0.6 is 0 Å². The maximum atomic E-state index is 5.70. The van der Waals surface area contributed by atoms with E-state index < -0.39 is 0 Å². The molecule has 0 aromatic heterocycles. The standard InChI is InChI=1S/C17H19O.BrH.Mg/c1-17(2,3)15-9-11-16(12-10-15)18-13-14-7-5-4-6-8-14;;/h4-11H,13H2,1-3H3;1H;/q-1;;+2/p-1. The van der Waals surface area contributed by atoms with Gasteiger partial charge in [-0.25, -0.2) is 0 Å². The van der Waals surface area contributed by atoms with Crippen molar-refractivity contribution in [2.75, 3.05) is 0 Å². The number of hydrogen-bond acceptors (Lipinski definition) is 1. The first-order chi connectivity index (χ1) is 8.55. The summed E-state index contributed by atoms with van der Waals surface area (Å²) in [4.78, 5) is 0. The molecule has 0 aliphatic heterocycles. The summed E-state index contributed by atoms with van der Waals surface area (Å²) in [5.74, 6) is 0.798. The predicted molar refractivity (Wildman–Crippen MR) is 80.5 cm³/mol. The third kappa shape index (κ3) is 5.86. The Bertz CT molecular complexity index is 489. The van der Waals surface area contributed by atoms with Crippen LogP contribution in [0.4, 0.5) is 0 Å². The Morgan fingerprint density at radius 2 is 1.65 bits per heavy atom. The molecule has 0 bridgehead atoms. The van der Waals surface area contributed by atoms with E-state index in [0.29, 0.717) is 6.61 Å². The van der Waals surface area contributed by atoms with E-state index in [4.69, 9.17) is 4.74 Å². The van der Waals surface area contributed by atoms with Crippen LogP contribution in [0.5, 0.6) is 5.75 Å². The molecule has 2 aromatic rings. The monoisotopic (exact) mass is 342 g/mol. The van der Waals surface area contributed by atoms with Gasteiger partial charge in [0, 0.05) is 5.75 Å². The fraction of sp³-hybridized carbons (Fsp3) is 0.294. The van der Waals surface area contributed by atoms with Crippen molar-refractivity contribution in [2.24, 2.45) is 0 Å². The van der Waals surface area contributed by atoms with Crippen LogP contribution in [0, 0.1) is 6.07 Å². The maximum absolute atomic E-state index is 5.70. The second kappa shape index (κ2) is 8.70. The Labute approximate surface area is 148 Å². The zero-order chi connectivity index (χ0) is 13.0. The molecule has 2 rings (SSSR count). The minimum Gasteiger partial charge on any atom is -1.00 e. The summed E-state index contributed by atoms with van der Waals surface area (Å²) in [6, 6.07) is 19.5. The summed E-state index contributed by atoms with van der Waals surface area (Å²) >= 11 is 0. The summed E-state index contributed by atoms with van der Waals surface area (Å²) in [6.07, 6.45) is 0. The first kappa shape index (κ1) is 19.5. The summed E-state index contributed by atoms with van der Waals surface area (Å²) in [5, 5.41) is 0. The van der Waals surface area contributed by atoms with Crippen LogP contribution in [0.2, 0.25) is 0 Å². The van der Waals surface area contributed by atoms with E-state index in [0.717, 1.165) is 5.75 Å². The third-order valence-corrected chi connectivity index (χ3v) is 2.89. The Morgan fingerprint density at radius 3 is 2.15 bits per heavy atom. The summed E-state index contributed by atoms with van der Waals surface area (Å²) in [5.41, 5.74) is 2.61. The quantitative estimate of drug-likeness (QED) is 0.596. The molecule has 0 amide bonds. The second-order valence-corrected chi connectivity index (χ2v) is 5.47. The SMILES string of the molecule is CC(C)(C)c1c[c-]c(OCc2ccccc2)cc1.[Br-].[Mg+2]. The Hall–Kier alpha value is -0.514. The molecule has 3 heteroatoms. The van der Waals surface area contributed by atoms with Gasteiger partial charge in [0.2, 0.25) is 0 Å². The molecule has 2 aromatic carbocycles. The van der Waals surface area contributed by atoms with Gasteiger partial charge >= 0.3 is 23.1 Å². The molecule has 0 spiro atoms. The van der Waals surface area contributed by atoms with Gasteiger partial charge in [-0.1, -0.05) is 56.5 Å². The van der Waals surface area contributed by atoms with Gasteiger partial charge in [-0.05, 0) is 5.56 Å². The molecule has 0 N–H and O–H groups in total. The normalized spacial score (nSPS) is 10.2. The van der Waals surface area contributed by atoms with Crippen molar-refractivity contribution >= 4 is 23.1 Å². The van der Waals surface area contributed by atoms with E-state index in [-0.39, 0.29) is 45.4 Å². The van der Waals surface area contributed by atoms with Gasteiger partial charge in [0.15, 0.2) is 0 Å². The van der Waals surface area contributed by atoms with Gasteiger partial charge < -0.3 is 21.7 Å². The van der Waals surface area contributed by atoms with Crippen LogP contribution in [0.3, 0.4) is 0 Å². The van der Waals surface area contributed by atoms with Crippen molar-refractivity contribution in [3.8, 4) is 5.75 Å². The van der Waals surface area contributed by atoms with Crippen LogP contribution in [0.25, 0.3) is 0 Å². The zero-order valence-electron chi connectivity index (χ0n) is 12.3. The molecule has 0 saturated carbocycles. The van der Waals surface area contributed by atoms with Crippen molar-refractivity contribution in [1.82, 2.24) is 0 Å². The average Bonchev–Trinajstić information content (AvgIpc) is 2.37. The number of halogens is 1. The molecule has 0 heterocycles. The van der Waals surface area contributed by atoms with Crippen molar-refractivity contribution in [3.63, 3.8) is 0 Å². The van der Waals surface area contributed by atoms with Crippen LogP contribution < -0.4 is 21.7 Å². The number of hydrogen-bond donors (Lipinski definition) is 0. The van der Waals surface area contributed by atoms with Crippen molar-refractivity contribution in [2.45, 2.75) is 32.8 Å². The smallest absolute Gasteiger partial charge is 1.00 e. The topological polar surface area (TPSA) is 9.23 Å². The van der Waals surface area contributed by atoms with E-state index in [1.807, 2.05) is 30.3 Å². The minimum atomic E-state index is 0. The second-order valence-electron chi connectivity index (χ2n) is 5.47. The molecule has 0 fully saturated rings. The number of benzene rings is 2. The van der Waals surface area contributed by atoms with Crippen molar-refractivity contribution < 1.29 is 21.7 Å². The minimum absolute atomic E-state index is 0. The zero-order valence-corrected chi connectivity index (χ0v) is 15.3. The van der Waals surface area contributed by atoms with E-state index in [1.165, 1.54) is 11.1 Å². The molecule has 0 unspecified atom stereocenters. The van der Waals surface area contributed by atoms with E-state index in [1.54, 1.807) is 0 Å². The van der Waals surface area contributed by atoms with Crippen LogP contribution in [-0.2, 0) is 12.0 Å². The van der Waals surface area contributed by atoms with E-state index >= 15 is 0 Å². The Balaban J connectivity index is 0.00000180. The molecule has 20 heavy (non-hydrogen) atoms. The molecule has 0 atom stereocenters. The molecule has 0 saturated heterocycles. The third-order valence-electron chi connectivity index (χ3n) is 2.89. The molecular formula is C17H19BrMgO. The first-order valence-electron chi connectivity index (χ1n) is 6.25. The predicted octanol–water partition coefficient (Wildman–Crippen LogP) is 0.986.